The number of rotatable bonds is 6. The van der Waals surface area contributed by atoms with Crippen molar-refractivity contribution in [3.05, 3.63) is 30.1 Å². The third-order valence-electron chi connectivity index (χ3n) is 3.00. The van der Waals surface area contributed by atoms with E-state index in [2.05, 4.69) is 21.7 Å². The summed E-state index contributed by atoms with van der Waals surface area (Å²) < 4.78 is 0. The van der Waals surface area contributed by atoms with Gasteiger partial charge >= 0.3 is 6.03 Å². The fraction of sp³-hybridized carbons (Fsp3) is 0.538. The number of urea groups is 1. The molecule has 18 heavy (non-hydrogen) atoms. The summed E-state index contributed by atoms with van der Waals surface area (Å²) in [5.41, 5.74) is 1.19. The first-order valence-electron chi connectivity index (χ1n) is 6.48. The minimum Gasteiger partial charge on any atom is -0.338 e. The van der Waals surface area contributed by atoms with Crippen molar-refractivity contribution in [2.24, 2.45) is 0 Å². The lowest BCUT2D eigenvalue weighted by molar-refractivity contribution is 0.185. The lowest BCUT2D eigenvalue weighted by Crippen LogP contribution is -2.47. The highest BCUT2D eigenvalue weighted by Crippen LogP contribution is 2.00. The Hall–Kier alpha value is -1.62. The fourth-order valence-electron chi connectivity index (χ4n) is 2.02. The first kappa shape index (κ1) is 12.8. The third kappa shape index (κ3) is 4.00. The summed E-state index contributed by atoms with van der Waals surface area (Å²) in [6.07, 6.45) is 5.67. The normalized spacial score (nSPS) is 15.6. The SMILES string of the molecule is O=C1NCCCN1CCCNCc1cccnc1. The van der Waals surface area contributed by atoms with E-state index in [0.717, 1.165) is 45.6 Å². The van der Waals surface area contributed by atoms with Gasteiger partial charge in [-0.15, -0.1) is 0 Å². The molecule has 5 nitrogen and oxygen atoms in total. The first-order valence-corrected chi connectivity index (χ1v) is 6.48. The number of aromatic nitrogens is 1. The van der Waals surface area contributed by atoms with Crippen molar-refractivity contribution < 1.29 is 4.79 Å². The van der Waals surface area contributed by atoms with E-state index in [1.807, 2.05) is 17.2 Å². The van der Waals surface area contributed by atoms with E-state index in [1.54, 1.807) is 6.20 Å². The van der Waals surface area contributed by atoms with Gasteiger partial charge in [-0.25, -0.2) is 4.79 Å². The number of amides is 2. The second kappa shape index (κ2) is 6.96. The molecular weight excluding hydrogens is 228 g/mol. The smallest absolute Gasteiger partial charge is 0.317 e. The van der Waals surface area contributed by atoms with Crippen LogP contribution in [0.3, 0.4) is 0 Å². The Morgan fingerprint density at radius 3 is 3.22 bits per heavy atom. The molecule has 0 atom stereocenters. The van der Waals surface area contributed by atoms with E-state index in [4.69, 9.17) is 0 Å². The summed E-state index contributed by atoms with van der Waals surface area (Å²) in [5, 5.41) is 6.21. The minimum atomic E-state index is 0.0773. The monoisotopic (exact) mass is 248 g/mol. The molecule has 1 aliphatic rings. The van der Waals surface area contributed by atoms with Crippen molar-refractivity contribution in [2.75, 3.05) is 26.2 Å². The first-order chi connectivity index (χ1) is 8.86. The molecule has 0 unspecified atom stereocenters. The zero-order valence-electron chi connectivity index (χ0n) is 10.6. The van der Waals surface area contributed by atoms with Crippen LogP contribution in [0.5, 0.6) is 0 Å². The van der Waals surface area contributed by atoms with Gasteiger partial charge in [0.15, 0.2) is 0 Å². The topological polar surface area (TPSA) is 57.3 Å². The van der Waals surface area contributed by atoms with Crippen molar-refractivity contribution in [1.29, 1.82) is 0 Å². The van der Waals surface area contributed by atoms with Gasteiger partial charge < -0.3 is 15.5 Å². The van der Waals surface area contributed by atoms with Gasteiger partial charge in [0.25, 0.3) is 0 Å². The highest BCUT2D eigenvalue weighted by atomic mass is 16.2. The minimum absolute atomic E-state index is 0.0773. The Kier molecular flexibility index (Phi) is 4.96. The molecule has 0 aromatic carbocycles. The van der Waals surface area contributed by atoms with E-state index >= 15 is 0 Å². The summed E-state index contributed by atoms with van der Waals surface area (Å²) in [4.78, 5) is 17.4. The molecule has 0 aliphatic carbocycles. The summed E-state index contributed by atoms with van der Waals surface area (Å²) in [6.45, 7) is 4.27. The van der Waals surface area contributed by atoms with Crippen LogP contribution in [0.4, 0.5) is 4.79 Å². The van der Waals surface area contributed by atoms with Crippen LogP contribution in [0.2, 0.25) is 0 Å². The highest BCUT2D eigenvalue weighted by molar-refractivity contribution is 5.74. The highest BCUT2D eigenvalue weighted by Gasteiger charge is 2.15. The number of hydrogen-bond acceptors (Lipinski definition) is 3. The van der Waals surface area contributed by atoms with Gasteiger partial charge in [0.2, 0.25) is 0 Å². The van der Waals surface area contributed by atoms with E-state index < -0.39 is 0 Å². The van der Waals surface area contributed by atoms with Crippen molar-refractivity contribution in [2.45, 2.75) is 19.4 Å². The van der Waals surface area contributed by atoms with Gasteiger partial charge in [-0.05, 0) is 31.0 Å². The largest absolute Gasteiger partial charge is 0.338 e. The summed E-state index contributed by atoms with van der Waals surface area (Å²) in [6, 6.07) is 4.07. The molecule has 0 bridgehead atoms. The predicted octanol–water partition coefficient (Wildman–Crippen LogP) is 0.977. The molecule has 1 aromatic rings. The van der Waals surface area contributed by atoms with Crippen LogP contribution in [0.15, 0.2) is 24.5 Å². The molecule has 0 spiro atoms. The number of carbonyl (C=O) groups excluding carboxylic acids is 1. The van der Waals surface area contributed by atoms with Crippen LogP contribution < -0.4 is 10.6 Å². The van der Waals surface area contributed by atoms with Gasteiger partial charge in [-0.2, -0.15) is 0 Å². The standard InChI is InChI=1S/C13H20N4O/c18-13-16-7-3-9-17(13)8-2-6-15-11-12-4-1-5-14-10-12/h1,4-5,10,15H,2-3,6-9,11H2,(H,16,18). The Bertz CT molecular complexity index is 369. The average molecular weight is 248 g/mol. The number of nitrogens with one attached hydrogen (secondary N) is 2. The molecule has 1 saturated heterocycles. The Morgan fingerprint density at radius 2 is 2.44 bits per heavy atom. The lowest BCUT2D eigenvalue weighted by atomic mass is 10.2. The van der Waals surface area contributed by atoms with Crippen molar-refractivity contribution in [3.8, 4) is 0 Å². The van der Waals surface area contributed by atoms with Gasteiger partial charge in [0.1, 0.15) is 0 Å². The van der Waals surface area contributed by atoms with E-state index in [0.29, 0.717) is 0 Å². The molecule has 1 aliphatic heterocycles. The lowest BCUT2D eigenvalue weighted by Gasteiger charge is -2.27. The van der Waals surface area contributed by atoms with Gasteiger partial charge in [-0.3, -0.25) is 4.98 Å². The second-order valence-corrected chi connectivity index (χ2v) is 4.46. The Morgan fingerprint density at radius 1 is 1.50 bits per heavy atom. The molecule has 2 N–H and O–H groups in total. The van der Waals surface area contributed by atoms with Crippen molar-refractivity contribution in [1.82, 2.24) is 20.5 Å². The third-order valence-corrected chi connectivity index (χ3v) is 3.00. The van der Waals surface area contributed by atoms with E-state index in [1.165, 1.54) is 5.56 Å². The van der Waals surface area contributed by atoms with Gasteiger partial charge in [-0.1, -0.05) is 6.07 Å². The number of nitrogens with zero attached hydrogens (tertiary/aromatic N) is 2. The van der Waals surface area contributed by atoms with Gasteiger partial charge in [0, 0.05) is 38.6 Å². The quantitative estimate of drug-likeness (QED) is 0.738. The van der Waals surface area contributed by atoms with Crippen LogP contribution in [-0.4, -0.2) is 42.1 Å². The van der Waals surface area contributed by atoms with Crippen molar-refractivity contribution >= 4 is 6.03 Å². The second-order valence-electron chi connectivity index (χ2n) is 4.46. The van der Waals surface area contributed by atoms with Crippen LogP contribution in [0, 0.1) is 0 Å². The molecule has 0 radical (unpaired) electrons. The summed E-state index contributed by atoms with van der Waals surface area (Å²) in [7, 11) is 0. The average Bonchev–Trinajstić information content (AvgIpc) is 2.42. The molecular formula is C13H20N4O. The Labute approximate surface area is 108 Å². The molecule has 0 saturated carbocycles. The number of hydrogen-bond donors (Lipinski definition) is 2. The molecule has 98 valence electrons. The maximum atomic E-state index is 11.5. The molecule has 1 fully saturated rings. The number of carbonyl (C=O) groups is 1. The molecule has 2 amide bonds. The van der Waals surface area contributed by atoms with Crippen LogP contribution in [0.25, 0.3) is 0 Å². The van der Waals surface area contributed by atoms with Crippen LogP contribution in [-0.2, 0) is 6.54 Å². The molecule has 2 heterocycles. The number of pyridine rings is 1. The van der Waals surface area contributed by atoms with E-state index in [-0.39, 0.29) is 6.03 Å². The van der Waals surface area contributed by atoms with Crippen LogP contribution >= 0.6 is 0 Å². The fourth-order valence-corrected chi connectivity index (χ4v) is 2.02. The maximum absolute atomic E-state index is 11.5. The Balaban J connectivity index is 1.57. The molecule has 2 rings (SSSR count). The zero-order valence-corrected chi connectivity index (χ0v) is 10.6. The van der Waals surface area contributed by atoms with Gasteiger partial charge in [0.05, 0.1) is 0 Å². The van der Waals surface area contributed by atoms with Crippen LogP contribution in [0.1, 0.15) is 18.4 Å². The summed E-state index contributed by atoms with van der Waals surface area (Å²) in [5.74, 6) is 0. The molecule has 5 heteroatoms. The van der Waals surface area contributed by atoms with Crippen molar-refractivity contribution in [3.63, 3.8) is 0 Å². The molecule has 1 aromatic heterocycles. The maximum Gasteiger partial charge on any atom is 0.317 e. The predicted molar refractivity (Wildman–Crippen MR) is 70.1 cm³/mol. The zero-order chi connectivity index (χ0) is 12.6. The summed E-state index contributed by atoms with van der Waals surface area (Å²) >= 11 is 0. The van der Waals surface area contributed by atoms with E-state index in [9.17, 15) is 4.79 Å².